The highest BCUT2D eigenvalue weighted by Crippen LogP contribution is 2.46. The van der Waals surface area contributed by atoms with E-state index in [0.29, 0.717) is 6.42 Å². The quantitative estimate of drug-likeness (QED) is 0.0698. The molecule has 0 N–H and O–H groups in total. The van der Waals surface area contributed by atoms with Gasteiger partial charge in [0, 0.05) is 21.3 Å². The van der Waals surface area contributed by atoms with E-state index >= 15 is 4.57 Å². The van der Waals surface area contributed by atoms with Crippen LogP contribution in [-0.4, -0.2) is 14.2 Å². The van der Waals surface area contributed by atoms with Crippen LogP contribution >= 0.6 is 7.14 Å². The van der Waals surface area contributed by atoms with Crippen LogP contribution in [0.5, 0.6) is 11.5 Å². The molecule has 0 aliphatic carbocycles. The van der Waals surface area contributed by atoms with E-state index in [1.807, 2.05) is 72.8 Å². The van der Waals surface area contributed by atoms with Gasteiger partial charge in [-0.1, -0.05) is 206 Å². The Morgan fingerprint density at radius 2 is 0.828 bits per heavy atom. The van der Waals surface area contributed by atoms with Crippen LogP contribution in [0.1, 0.15) is 22.3 Å². The highest BCUT2D eigenvalue weighted by Gasteiger charge is 2.37. The summed E-state index contributed by atoms with van der Waals surface area (Å²) in [6, 6.07) is 82.8. The number of hydrogen-bond donors (Lipinski definition) is 0. The molecule has 0 aromatic heterocycles. The number of methoxy groups -OCH3 is 2. The second kappa shape index (κ2) is 17.4. The van der Waals surface area contributed by atoms with E-state index in [-0.39, 0.29) is 0 Å². The maximum Gasteiger partial charge on any atom is 0.171 e. The van der Waals surface area contributed by atoms with Gasteiger partial charge < -0.3 is 14.0 Å². The van der Waals surface area contributed by atoms with Crippen LogP contribution in [0.3, 0.4) is 0 Å². The van der Waals surface area contributed by atoms with Crippen LogP contribution in [0.2, 0.25) is 0 Å². The van der Waals surface area contributed by atoms with Gasteiger partial charge in [0.1, 0.15) is 11.5 Å². The molecule has 10 rings (SSSR count). The lowest BCUT2D eigenvalue weighted by atomic mass is 9.65. The lowest BCUT2D eigenvalue weighted by molar-refractivity contribution is 0.414. The first kappa shape index (κ1) is 40.6. The first-order valence-electron chi connectivity index (χ1n) is 21.7. The van der Waals surface area contributed by atoms with Crippen molar-refractivity contribution < 1.29 is 14.0 Å². The summed E-state index contributed by atoms with van der Waals surface area (Å²) in [6.07, 6.45) is 0.685. The zero-order valence-electron chi connectivity index (χ0n) is 35.9. The molecule has 0 saturated heterocycles. The third kappa shape index (κ3) is 7.38. The fourth-order valence-electron chi connectivity index (χ4n) is 9.53. The van der Waals surface area contributed by atoms with Gasteiger partial charge in [-0.15, -0.1) is 0 Å². The van der Waals surface area contributed by atoms with Gasteiger partial charge in [-0.25, -0.2) is 0 Å². The molecule has 0 radical (unpaired) electrons. The molecule has 10 aromatic rings. The van der Waals surface area contributed by atoms with Crippen molar-refractivity contribution in [3.63, 3.8) is 0 Å². The van der Waals surface area contributed by atoms with Crippen molar-refractivity contribution in [3.8, 4) is 33.8 Å². The standard InChI is InChI=1S/C60H47O3P/c1-62-52-34-30-50(31-35-52)60(51-32-36-53(63-2)37-33-51,42-43-22-23-48-41-47-16-12-13-21-57(47)59(58(48)40-43)46-14-6-3-7-15-46)49-28-24-44(25-29-49)45-26-38-56(39-27-45)64(61,54-17-8-4-9-18-54)55-19-10-5-11-20-55/h3-41H,42H2,1-2H3. The monoisotopic (exact) mass is 846 g/mol. The Balaban J connectivity index is 1.11. The van der Waals surface area contributed by atoms with Crippen molar-refractivity contribution in [1.29, 1.82) is 0 Å². The Kier molecular flexibility index (Phi) is 11.0. The summed E-state index contributed by atoms with van der Waals surface area (Å²) in [4.78, 5) is 0. The van der Waals surface area contributed by atoms with Crippen LogP contribution < -0.4 is 25.4 Å². The van der Waals surface area contributed by atoms with Gasteiger partial charge in [0.05, 0.1) is 14.2 Å². The van der Waals surface area contributed by atoms with Crippen molar-refractivity contribution in [3.05, 3.63) is 259 Å². The van der Waals surface area contributed by atoms with Crippen LogP contribution in [-0.2, 0) is 16.4 Å². The van der Waals surface area contributed by atoms with Crippen molar-refractivity contribution >= 4 is 44.6 Å². The molecule has 0 unspecified atom stereocenters. The van der Waals surface area contributed by atoms with Crippen molar-refractivity contribution in [2.24, 2.45) is 0 Å². The molecule has 0 spiro atoms. The average Bonchev–Trinajstić information content (AvgIpc) is 3.38. The lowest BCUT2D eigenvalue weighted by Gasteiger charge is -2.37. The molecule has 0 heterocycles. The van der Waals surface area contributed by atoms with Crippen LogP contribution in [0.15, 0.2) is 237 Å². The van der Waals surface area contributed by atoms with Crippen LogP contribution in [0.25, 0.3) is 43.8 Å². The van der Waals surface area contributed by atoms with Gasteiger partial charge in [-0.05, 0) is 103 Å². The third-order valence-corrected chi connectivity index (χ3v) is 15.9. The van der Waals surface area contributed by atoms with Gasteiger partial charge in [0.25, 0.3) is 0 Å². The molecule has 0 aliphatic heterocycles. The summed E-state index contributed by atoms with van der Waals surface area (Å²) in [5.41, 5.74) is 8.63. The molecular weight excluding hydrogens is 800 g/mol. The van der Waals surface area contributed by atoms with Gasteiger partial charge in [0.15, 0.2) is 7.14 Å². The lowest BCUT2D eigenvalue weighted by Crippen LogP contribution is -2.32. The molecule has 0 amide bonds. The Bertz CT molecular complexity index is 3150. The summed E-state index contributed by atoms with van der Waals surface area (Å²) in [7, 11) is 0.323. The molecule has 64 heavy (non-hydrogen) atoms. The molecule has 310 valence electrons. The predicted octanol–water partition coefficient (Wildman–Crippen LogP) is 13.6. The summed E-state index contributed by atoms with van der Waals surface area (Å²) >= 11 is 0. The largest absolute Gasteiger partial charge is 0.497 e. The van der Waals surface area contributed by atoms with E-state index in [1.54, 1.807) is 14.2 Å². The maximum absolute atomic E-state index is 15.1. The Hall–Kier alpha value is -7.45. The molecule has 3 nitrogen and oxygen atoms in total. The fourth-order valence-corrected chi connectivity index (χ4v) is 12.2. The highest BCUT2D eigenvalue weighted by molar-refractivity contribution is 7.85. The van der Waals surface area contributed by atoms with Crippen LogP contribution in [0.4, 0.5) is 0 Å². The highest BCUT2D eigenvalue weighted by atomic mass is 31.2. The summed E-state index contributed by atoms with van der Waals surface area (Å²) < 4.78 is 26.5. The summed E-state index contributed by atoms with van der Waals surface area (Å²) in [5.74, 6) is 1.61. The van der Waals surface area contributed by atoms with Gasteiger partial charge in [0.2, 0.25) is 0 Å². The summed E-state index contributed by atoms with van der Waals surface area (Å²) in [5, 5.41) is 7.35. The molecule has 0 saturated carbocycles. The third-order valence-electron chi connectivity index (χ3n) is 12.8. The normalized spacial score (nSPS) is 11.7. The van der Waals surface area contributed by atoms with Crippen molar-refractivity contribution in [2.45, 2.75) is 11.8 Å². The smallest absolute Gasteiger partial charge is 0.171 e. The average molecular weight is 847 g/mol. The van der Waals surface area contributed by atoms with Crippen molar-refractivity contribution in [1.82, 2.24) is 0 Å². The molecular formula is C60H47O3P. The fraction of sp³-hybridized carbons (Fsp3) is 0.0667. The minimum Gasteiger partial charge on any atom is -0.497 e. The van der Waals surface area contributed by atoms with E-state index in [0.717, 1.165) is 55.2 Å². The second-order valence-corrected chi connectivity index (χ2v) is 19.1. The predicted molar refractivity (Wildman–Crippen MR) is 268 cm³/mol. The minimum absolute atomic E-state index is 0.615. The first-order chi connectivity index (χ1) is 31.5. The minimum atomic E-state index is -3.10. The zero-order chi connectivity index (χ0) is 43.5. The second-order valence-electron chi connectivity index (χ2n) is 16.3. The molecule has 0 aliphatic rings. The molecule has 0 atom stereocenters. The topological polar surface area (TPSA) is 35.5 Å². The maximum atomic E-state index is 15.1. The van der Waals surface area contributed by atoms with Crippen molar-refractivity contribution in [2.75, 3.05) is 14.2 Å². The van der Waals surface area contributed by atoms with E-state index in [9.17, 15) is 0 Å². The van der Waals surface area contributed by atoms with Gasteiger partial charge in [-0.2, -0.15) is 0 Å². The van der Waals surface area contributed by atoms with E-state index < -0.39 is 12.6 Å². The summed E-state index contributed by atoms with van der Waals surface area (Å²) in [6.45, 7) is 0. The zero-order valence-corrected chi connectivity index (χ0v) is 36.8. The molecule has 0 bridgehead atoms. The number of ether oxygens (including phenoxy) is 2. The van der Waals surface area contributed by atoms with Gasteiger partial charge in [-0.3, -0.25) is 0 Å². The van der Waals surface area contributed by atoms with Gasteiger partial charge >= 0.3 is 0 Å². The number of rotatable bonds is 12. The first-order valence-corrected chi connectivity index (χ1v) is 23.4. The number of fused-ring (bicyclic) bond motifs is 2. The SMILES string of the molecule is COc1ccc(C(Cc2ccc3cc4ccccc4c(-c4ccccc4)c3c2)(c2ccc(OC)cc2)c2ccc(-c3ccc(P(=O)(c4ccccc4)c4ccccc4)cc3)cc2)cc1. The van der Waals surface area contributed by atoms with E-state index in [2.05, 4.69) is 164 Å². The van der Waals surface area contributed by atoms with E-state index in [1.165, 1.54) is 38.2 Å². The molecule has 4 heteroatoms. The Labute approximate surface area is 375 Å². The number of hydrogen-bond acceptors (Lipinski definition) is 3. The molecule has 10 aromatic carbocycles. The number of benzene rings is 10. The molecule has 0 fully saturated rings. The Morgan fingerprint density at radius 3 is 1.36 bits per heavy atom. The van der Waals surface area contributed by atoms with Crippen LogP contribution in [0, 0.1) is 0 Å². The Morgan fingerprint density at radius 1 is 0.391 bits per heavy atom. The van der Waals surface area contributed by atoms with E-state index in [4.69, 9.17) is 9.47 Å².